The van der Waals surface area contributed by atoms with Crippen molar-refractivity contribution in [2.45, 2.75) is 25.8 Å². The van der Waals surface area contributed by atoms with Crippen molar-refractivity contribution in [1.29, 1.82) is 0 Å². The fourth-order valence-electron chi connectivity index (χ4n) is 3.67. The SMILES string of the molecule is Cl.O=C1CC(Cc2ccc(C(=O)Nc3ccc4c(c3F)CCNC4)cc2)C(=O)N1. The summed E-state index contributed by atoms with van der Waals surface area (Å²) in [5.74, 6) is -1.65. The Morgan fingerprint density at radius 2 is 1.90 bits per heavy atom. The van der Waals surface area contributed by atoms with Gasteiger partial charge in [0, 0.05) is 18.5 Å². The maximum Gasteiger partial charge on any atom is 0.255 e. The van der Waals surface area contributed by atoms with Crippen LogP contribution in [0.25, 0.3) is 0 Å². The van der Waals surface area contributed by atoms with Crippen LogP contribution in [0.5, 0.6) is 0 Å². The fraction of sp³-hybridized carbons (Fsp3) is 0.286. The molecule has 2 heterocycles. The van der Waals surface area contributed by atoms with Gasteiger partial charge in [-0.1, -0.05) is 18.2 Å². The lowest BCUT2D eigenvalue weighted by Crippen LogP contribution is -2.25. The Labute approximate surface area is 173 Å². The van der Waals surface area contributed by atoms with Gasteiger partial charge in [0.1, 0.15) is 5.82 Å². The molecule has 0 aliphatic carbocycles. The van der Waals surface area contributed by atoms with E-state index in [0.717, 1.165) is 11.1 Å². The topological polar surface area (TPSA) is 87.3 Å². The van der Waals surface area contributed by atoms with E-state index in [1.54, 1.807) is 30.3 Å². The summed E-state index contributed by atoms with van der Waals surface area (Å²) in [5, 5.41) is 8.12. The number of carbonyl (C=O) groups excluding carboxylic acids is 3. The van der Waals surface area contributed by atoms with E-state index >= 15 is 0 Å². The van der Waals surface area contributed by atoms with Gasteiger partial charge in [-0.2, -0.15) is 0 Å². The molecule has 29 heavy (non-hydrogen) atoms. The number of benzene rings is 2. The van der Waals surface area contributed by atoms with Crippen LogP contribution in [0.3, 0.4) is 0 Å². The Morgan fingerprint density at radius 1 is 1.14 bits per heavy atom. The van der Waals surface area contributed by atoms with E-state index < -0.39 is 5.91 Å². The first kappa shape index (κ1) is 21.0. The van der Waals surface area contributed by atoms with Crippen molar-refractivity contribution < 1.29 is 18.8 Å². The number of halogens is 2. The van der Waals surface area contributed by atoms with Crippen molar-refractivity contribution in [3.05, 3.63) is 64.5 Å². The molecule has 0 aromatic heterocycles. The van der Waals surface area contributed by atoms with Gasteiger partial charge in [-0.05, 0) is 54.3 Å². The van der Waals surface area contributed by atoms with Crippen molar-refractivity contribution in [3.63, 3.8) is 0 Å². The second kappa shape index (κ2) is 8.71. The molecular weight excluding hydrogens is 397 g/mol. The van der Waals surface area contributed by atoms with Crippen LogP contribution in [0.2, 0.25) is 0 Å². The number of amides is 3. The minimum absolute atomic E-state index is 0. The zero-order valence-corrected chi connectivity index (χ0v) is 16.4. The molecule has 2 aliphatic rings. The molecule has 0 saturated carbocycles. The van der Waals surface area contributed by atoms with E-state index in [0.29, 0.717) is 37.1 Å². The summed E-state index contributed by atoms with van der Waals surface area (Å²) >= 11 is 0. The molecule has 0 bridgehead atoms. The molecular formula is C21H21ClFN3O3. The number of hydrogen-bond acceptors (Lipinski definition) is 4. The molecule has 4 rings (SSSR count). The standard InChI is InChI=1S/C21H20FN3O3.ClH/c22-19-16-7-8-23-11-14(16)5-6-17(19)24-20(27)13-3-1-12(2-4-13)9-15-10-18(26)25-21(15)28;/h1-6,15,23H,7-11H2,(H,24,27)(H,25,26,28);1H. The largest absolute Gasteiger partial charge is 0.319 e. The zero-order valence-electron chi connectivity index (χ0n) is 15.6. The quantitative estimate of drug-likeness (QED) is 0.666. The van der Waals surface area contributed by atoms with Crippen LogP contribution in [0.4, 0.5) is 10.1 Å². The van der Waals surface area contributed by atoms with Crippen molar-refractivity contribution >= 4 is 35.8 Å². The second-order valence-corrected chi connectivity index (χ2v) is 7.16. The summed E-state index contributed by atoms with van der Waals surface area (Å²) in [4.78, 5) is 35.4. The van der Waals surface area contributed by atoms with Crippen molar-refractivity contribution in [3.8, 4) is 0 Å². The summed E-state index contributed by atoms with van der Waals surface area (Å²) < 4.78 is 14.7. The molecule has 1 atom stereocenters. The highest BCUT2D eigenvalue weighted by molar-refractivity contribution is 6.05. The van der Waals surface area contributed by atoms with Crippen molar-refractivity contribution in [2.75, 3.05) is 11.9 Å². The number of hydrogen-bond donors (Lipinski definition) is 3. The molecule has 0 spiro atoms. The zero-order chi connectivity index (χ0) is 19.7. The Bertz CT molecular complexity index is 962. The maximum absolute atomic E-state index is 14.7. The smallest absolute Gasteiger partial charge is 0.255 e. The minimum atomic E-state index is -0.395. The lowest BCUT2D eigenvalue weighted by molar-refractivity contribution is -0.125. The highest BCUT2D eigenvalue weighted by Gasteiger charge is 2.30. The third-order valence-electron chi connectivity index (χ3n) is 5.22. The number of anilines is 1. The number of nitrogens with one attached hydrogen (secondary N) is 3. The summed E-state index contributed by atoms with van der Waals surface area (Å²) in [5.41, 5.74) is 3.00. The van der Waals surface area contributed by atoms with E-state index in [2.05, 4.69) is 16.0 Å². The Hall–Kier alpha value is -2.77. The molecule has 8 heteroatoms. The van der Waals surface area contributed by atoms with Crippen LogP contribution in [-0.2, 0) is 29.0 Å². The van der Waals surface area contributed by atoms with E-state index in [4.69, 9.17) is 0 Å². The van der Waals surface area contributed by atoms with Crippen molar-refractivity contribution in [2.24, 2.45) is 5.92 Å². The molecule has 152 valence electrons. The summed E-state index contributed by atoms with van der Waals surface area (Å²) in [6.45, 7) is 1.35. The van der Waals surface area contributed by atoms with E-state index in [9.17, 15) is 18.8 Å². The number of imide groups is 1. The van der Waals surface area contributed by atoms with Gasteiger partial charge in [-0.15, -0.1) is 12.4 Å². The lowest BCUT2D eigenvalue weighted by atomic mass is 9.97. The van der Waals surface area contributed by atoms with Crippen LogP contribution < -0.4 is 16.0 Å². The lowest BCUT2D eigenvalue weighted by Gasteiger charge is -2.19. The first-order valence-electron chi connectivity index (χ1n) is 9.26. The molecule has 1 unspecified atom stereocenters. The normalized spacial score (nSPS) is 17.9. The molecule has 2 aromatic carbocycles. The van der Waals surface area contributed by atoms with Crippen LogP contribution in [-0.4, -0.2) is 24.3 Å². The van der Waals surface area contributed by atoms with Gasteiger partial charge in [0.05, 0.1) is 11.6 Å². The third-order valence-corrected chi connectivity index (χ3v) is 5.22. The molecule has 2 aromatic rings. The van der Waals surface area contributed by atoms with E-state index in [1.807, 2.05) is 6.07 Å². The van der Waals surface area contributed by atoms with Gasteiger partial charge in [-0.25, -0.2) is 4.39 Å². The summed E-state index contributed by atoms with van der Waals surface area (Å²) in [6.07, 6.45) is 1.22. The van der Waals surface area contributed by atoms with E-state index in [-0.39, 0.29) is 48.1 Å². The van der Waals surface area contributed by atoms with Gasteiger partial charge in [0.25, 0.3) is 5.91 Å². The van der Waals surface area contributed by atoms with Gasteiger partial charge in [0.2, 0.25) is 11.8 Å². The Balaban J connectivity index is 0.00000240. The van der Waals surface area contributed by atoms with Crippen LogP contribution >= 0.6 is 12.4 Å². The van der Waals surface area contributed by atoms with Crippen molar-refractivity contribution in [1.82, 2.24) is 10.6 Å². The first-order chi connectivity index (χ1) is 13.5. The molecule has 6 nitrogen and oxygen atoms in total. The predicted octanol–water partition coefficient (Wildman–Crippen LogP) is 2.35. The van der Waals surface area contributed by atoms with Crippen LogP contribution in [0.15, 0.2) is 36.4 Å². The highest BCUT2D eigenvalue weighted by atomic mass is 35.5. The summed E-state index contributed by atoms with van der Waals surface area (Å²) in [6, 6.07) is 10.2. The van der Waals surface area contributed by atoms with Gasteiger partial charge in [0.15, 0.2) is 0 Å². The van der Waals surface area contributed by atoms with Gasteiger partial charge >= 0.3 is 0 Å². The summed E-state index contributed by atoms with van der Waals surface area (Å²) in [7, 11) is 0. The monoisotopic (exact) mass is 417 g/mol. The first-order valence-corrected chi connectivity index (χ1v) is 9.26. The average Bonchev–Trinajstić information content (AvgIpc) is 3.01. The number of carbonyl (C=O) groups is 3. The molecule has 0 radical (unpaired) electrons. The van der Waals surface area contributed by atoms with Crippen LogP contribution in [0, 0.1) is 11.7 Å². The van der Waals surface area contributed by atoms with Gasteiger partial charge < -0.3 is 10.6 Å². The second-order valence-electron chi connectivity index (χ2n) is 7.16. The molecule has 3 amide bonds. The third kappa shape index (κ3) is 4.46. The number of fused-ring (bicyclic) bond motifs is 1. The Kier molecular flexibility index (Phi) is 6.30. The molecule has 2 aliphatic heterocycles. The van der Waals surface area contributed by atoms with Gasteiger partial charge in [-0.3, -0.25) is 19.7 Å². The van der Waals surface area contributed by atoms with E-state index in [1.165, 1.54) is 0 Å². The average molecular weight is 418 g/mol. The maximum atomic E-state index is 14.7. The Morgan fingerprint density at radius 3 is 2.59 bits per heavy atom. The predicted molar refractivity (Wildman–Crippen MR) is 108 cm³/mol. The minimum Gasteiger partial charge on any atom is -0.319 e. The fourth-order valence-corrected chi connectivity index (χ4v) is 3.67. The molecule has 3 N–H and O–H groups in total. The molecule has 1 fully saturated rings. The molecule has 1 saturated heterocycles. The number of rotatable bonds is 4. The van der Waals surface area contributed by atoms with Crippen LogP contribution in [0.1, 0.15) is 33.5 Å². The highest BCUT2D eigenvalue weighted by Crippen LogP contribution is 2.25.